The van der Waals surface area contributed by atoms with Crippen LogP contribution in [0.15, 0.2) is 0 Å². The van der Waals surface area contributed by atoms with Crippen LogP contribution in [0.3, 0.4) is 0 Å². The van der Waals surface area contributed by atoms with Crippen molar-refractivity contribution in [2.75, 3.05) is 53.6 Å². The lowest BCUT2D eigenvalue weighted by atomic mass is 10.2. The maximum atomic E-state index is 5.37. The van der Waals surface area contributed by atoms with Gasteiger partial charge < -0.3 is 14.8 Å². The van der Waals surface area contributed by atoms with E-state index in [2.05, 4.69) is 31.1 Å². The molecule has 1 N–H and O–H groups in total. The average Bonchev–Trinajstić information content (AvgIpc) is 2.27. The molecule has 0 aromatic heterocycles. The van der Waals surface area contributed by atoms with E-state index in [4.69, 9.17) is 9.47 Å². The van der Waals surface area contributed by atoms with Gasteiger partial charge in [0.2, 0.25) is 0 Å². The van der Waals surface area contributed by atoms with Crippen molar-refractivity contribution in [2.24, 2.45) is 5.92 Å². The van der Waals surface area contributed by atoms with Gasteiger partial charge in [0, 0.05) is 32.8 Å². The average molecular weight is 246 g/mol. The normalized spacial score (nSPS) is 13.6. The van der Waals surface area contributed by atoms with Crippen LogP contribution >= 0.6 is 0 Å². The van der Waals surface area contributed by atoms with Crippen molar-refractivity contribution in [1.82, 2.24) is 10.2 Å². The first-order valence-corrected chi connectivity index (χ1v) is 6.59. The van der Waals surface area contributed by atoms with Gasteiger partial charge in [-0.15, -0.1) is 0 Å². The Morgan fingerprint density at radius 2 is 1.94 bits per heavy atom. The summed E-state index contributed by atoms with van der Waals surface area (Å²) in [6.07, 6.45) is 0. The van der Waals surface area contributed by atoms with E-state index in [0.29, 0.717) is 12.0 Å². The van der Waals surface area contributed by atoms with E-state index in [1.54, 1.807) is 7.11 Å². The van der Waals surface area contributed by atoms with Crippen LogP contribution in [0.4, 0.5) is 0 Å². The standard InChI is InChI=1S/C13H30N2O2/c1-6-17-8-7-15(4)13(11-16-5)10-14-9-12(2)3/h12-14H,6-11H2,1-5H3. The van der Waals surface area contributed by atoms with Crippen LogP contribution in [-0.4, -0.2) is 64.6 Å². The summed E-state index contributed by atoms with van der Waals surface area (Å²) in [5.41, 5.74) is 0. The Bertz CT molecular complexity index is 165. The molecule has 0 amide bonds. The van der Waals surface area contributed by atoms with Gasteiger partial charge >= 0.3 is 0 Å². The zero-order valence-corrected chi connectivity index (χ0v) is 12.2. The fourth-order valence-corrected chi connectivity index (χ4v) is 1.61. The van der Waals surface area contributed by atoms with E-state index in [0.717, 1.165) is 39.5 Å². The maximum absolute atomic E-state index is 5.37. The van der Waals surface area contributed by atoms with Gasteiger partial charge in [-0.05, 0) is 26.4 Å². The van der Waals surface area contributed by atoms with Crippen LogP contribution in [-0.2, 0) is 9.47 Å². The van der Waals surface area contributed by atoms with Crippen molar-refractivity contribution >= 4 is 0 Å². The van der Waals surface area contributed by atoms with Gasteiger partial charge in [-0.1, -0.05) is 13.8 Å². The summed E-state index contributed by atoms with van der Waals surface area (Å²) in [6, 6.07) is 0.416. The molecule has 0 spiro atoms. The summed E-state index contributed by atoms with van der Waals surface area (Å²) in [4.78, 5) is 2.30. The van der Waals surface area contributed by atoms with E-state index >= 15 is 0 Å². The molecule has 4 nitrogen and oxygen atoms in total. The summed E-state index contributed by atoms with van der Waals surface area (Å²) < 4.78 is 10.6. The van der Waals surface area contributed by atoms with Crippen LogP contribution in [0.25, 0.3) is 0 Å². The summed E-state index contributed by atoms with van der Waals surface area (Å²) in [6.45, 7) is 11.8. The molecular weight excluding hydrogens is 216 g/mol. The van der Waals surface area contributed by atoms with E-state index in [-0.39, 0.29) is 0 Å². The second-order valence-electron chi connectivity index (χ2n) is 4.84. The number of methoxy groups -OCH3 is 1. The lowest BCUT2D eigenvalue weighted by Crippen LogP contribution is -2.45. The summed E-state index contributed by atoms with van der Waals surface area (Å²) >= 11 is 0. The monoisotopic (exact) mass is 246 g/mol. The van der Waals surface area contributed by atoms with E-state index < -0.39 is 0 Å². The molecule has 0 heterocycles. The highest BCUT2D eigenvalue weighted by Crippen LogP contribution is 1.97. The molecule has 1 unspecified atom stereocenters. The predicted octanol–water partition coefficient (Wildman–Crippen LogP) is 1.22. The fourth-order valence-electron chi connectivity index (χ4n) is 1.61. The van der Waals surface area contributed by atoms with E-state index in [1.807, 2.05) is 6.92 Å². The SMILES string of the molecule is CCOCCN(C)C(CNCC(C)C)COC. The van der Waals surface area contributed by atoms with Gasteiger partial charge in [-0.2, -0.15) is 0 Å². The molecule has 0 fully saturated rings. The molecule has 0 saturated carbocycles. The number of hydrogen-bond acceptors (Lipinski definition) is 4. The first kappa shape index (κ1) is 16.8. The van der Waals surface area contributed by atoms with Crippen LogP contribution < -0.4 is 5.32 Å². The van der Waals surface area contributed by atoms with E-state index in [9.17, 15) is 0 Å². The molecule has 0 aromatic carbocycles. The lowest BCUT2D eigenvalue weighted by molar-refractivity contribution is 0.0716. The molecule has 0 aliphatic carbocycles. The number of nitrogens with one attached hydrogen (secondary N) is 1. The zero-order chi connectivity index (χ0) is 13.1. The van der Waals surface area contributed by atoms with Gasteiger partial charge in [0.25, 0.3) is 0 Å². The minimum Gasteiger partial charge on any atom is -0.383 e. The number of hydrogen-bond donors (Lipinski definition) is 1. The van der Waals surface area contributed by atoms with Crippen LogP contribution in [0.2, 0.25) is 0 Å². The lowest BCUT2D eigenvalue weighted by Gasteiger charge is -2.28. The predicted molar refractivity (Wildman–Crippen MR) is 72.5 cm³/mol. The molecule has 0 saturated heterocycles. The molecule has 17 heavy (non-hydrogen) atoms. The summed E-state index contributed by atoms with van der Waals surface area (Å²) in [7, 11) is 3.88. The first-order valence-electron chi connectivity index (χ1n) is 6.59. The van der Waals surface area contributed by atoms with Gasteiger partial charge in [0.15, 0.2) is 0 Å². The highest BCUT2D eigenvalue weighted by molar-refractivity contribution is 4.71. The van der Waals surface area contributed by atoms with Gasteiger partial charge in [0.1, 0.15) is 0 Å². The van der Waals surface area contributed by atoms with Crippen molar-refractivity contribution in [1.29, 1.82) is 0 Å². The molecule has 0 bridgehead atoms. The minimum atomic E-state index is 0.416. The number of nitrogens with zero attached hydrogens (tertiary/aromatic N) is 1. The Morgan fingerprint density at radius 1 is 1.24 bits per heavy atom. The molecule has 0 aromatic rings. The van der Waals surface area contributed by atoms with Gasteiger partial charge in [0.05, 0.1) is 13.2 Å². The molecular formula is C13H30N2O2. The Balaban J connectivity index is 3.84. The third-order valence-electron chi connectivity index (χ3n) is 2.71. The number of likely N-dealkylation sites (N-methyl/N-ethyl adjacent to an activating group) is 1. The third kappa shape index (κ3) is 9.53. The third-order valence-corrected chi connectivity index (χ3v) is 2.71. The second kappa shape index (κ2) is 11.0. The Kier molecular flexibility index (Phi) is 10.9. The minimum absolute atomic E-state index is 0.416. The van der Waals surface area contributed by atoms with Crippen molar-refractivity contribution in [3.05, 3.63) is 0 Å². The topological polar surface area (TPSA) is 33.7 Å². The molecule has 4 heteroatoms. The maximum Gasteiger partial charge on any atom is 0.0630 e. The van der Waals surface area contributed by atoms with Gasteiger partial charge in [-0.3, -0.25) is 4.90 Å². The summed E-state index contributed by atoms with van der Waals surface area (Å²) in [5.74, 6) is 0.687. The zero-order valence-electron chi connectivity index (χ0n) is 12.2. The van der Waals surface area contributed by atoms with Gasteiger partial charge in [-0.25, -0.2) is 0 Å². The molecule has 1 atom stereocenters. The molecule has 0 aliphatic rings. The number of rotatable bonds is 11. The molecule has 0 rings (SSSR count). The second-order valence-corrected chi connectivity index (χ2v) is 4.84. The molecule has 0 aliphatic heterocycles. The quantitative estimate of drug-likeness (QED) is 0.556. The Labute approximate surface area is 107 Å². The van der Waals surface area contributed by atoms with E-state index in [1.165, 1.54) is 0 Å². The number of ether oxygens (including phenoxy) is 2. The van der Waals surface area contributed by atoms with Crippen LogP contribution in [0.5, 0.6) is 0 Å². The smallest absolute Gasteiger partial charge is 0.0630 e. The van der Waals surface area contributed by atoms with Crippen molar-refractivity contribution in [2.45, 2.75) is 26.8 Å². The molecule has 104 valence electrons. The highest BCUT2D eigenvalue weighted by Gasteiger charge is 2.13. The highest BCUT2D eigenvalue weighted by atomic mass is 16.5. The van der Waals surface area contributed by atoms with Crippen molar-refractivity contribution < 1.29 is 9.47 Å². The Hall–Kier alpha value is -0.160. The molecule has 0 radical (unpaired) electrons. The van der Waals surface area contributed by atoms with Crippen molar-refractivity contribution in [3.8, 4) is 0 Å². The van der Waals surface area contributed by atoms with Crippen LogP contribution in [0.1, 0.15) is 20.8 Å². The van der Waals surface area contributed by atoms with Crippen molar-refractivity contribution in [3.63, 3.8) is 0 Å². The fraction of sp³-hybridized carbons (Fsp3) is 1.00. The van der Waals surface area contributed by atoms with Crippen LogP contribution in [0, 0.1) is 5.92 Å². The largest absolute Gasteiger partial charge is 0.383 e. The Morgan fingerprint density at radius 3 is 2.47 bits per heavy atom. The first-order chi connectivity index (χ1) is 8.11. The summed E-state index contributed by atoms with van der Waals surface area (Å²) in [5, 5.41) is 3.48.